The number of hydrogen-bond donors (Lipinski definition) is 2. The van der Waals surface area contributed by atoms with Crippen molar-refractivity contribution in [3.63, 3.8) is 0 Å². The molecule has 1 unspecified atom stereocenters. The van der Waals surface area contributed by atoms with Gasteiger partial charge in [0.1, 0.15) is 5.82 Å². The lowest BCUT2D eigenvalue weighted by Crippen LogP contribution is -2.22. The molecule has 0 radical (unpaired) electrons. The molecule has 1 aromatic rings. The Hall–Kier alpha value is -1.62. The molecular formula is C12H15FN2O2. The van der Waals surface area contributed by atoms with Crippen molar-refractivity contribution in [1.29, 1.82) is 0 Å². The Bertz CT molecular complexity index is 417. The maximum atomic E-state index is 13.6. The summed E-state index contributed by atoms with van der Waals surface area (Å²) in [6.45, 7) is 1.73. The van der Waals surface area contributed by atoms with Gasteiger partial charge in [-0.25, -0.2) is 9.18 Å². The highest BCUT2D eigenvalue weighted by molar-refractivity contribution is 5.90. The summed E-state index contributed by atoms with van der Waals surface area (Å²) in [5.74, 6) is -0.817. The van der Waals surface area contributed by atoms with E-state index < -0.39 is 5.97 Å². The quantitative estimate of drug-likeness (QED) is 0.781. The number of rotatable bonds is 3. The Morgan fingerprint density at radius 1 is 1.59 bits per heavy atom. The summed E-state index contributed by atoms with van der Waals surface area (Å²) >= 11 is 0. The van der Waals surface area contributed by atoms with Crippen LogP contribution >= 0.6 is 0 Å². The molecule has 1 saturated heterocycles. The molecule has 17 heavy (non-hydrogen) atoms. The fraction of sp³-hybridized carbons (Fsp3) is 0.417. The van der Waals surface area contributed by atoms with E-state index in [9.17, 15) is 9.18 Å². The topological polar surface area (TPSA) is 50.4 Å². The Morgan fingerprint density at radius 2 is 2.41 bits per heavy atom. The van der Waals surface area contributed by atoms with E-state index >= 15 is 0 Å². The van der Waals surface area contributed by atoms with Crippen LogP contribution in [0.15, 0.2) is 18.2 Å². The largest absolute Gasteiger partial charge is 0.465 e. The van der Waals surface area contributed by atoms with E-state index in [0.717, 1.165) is 19.5 Å². The molecule has 2 N–H and O–H groups in total. The molecule has 1 aliphatic rings. The molecule has 1 atom stereocenters. The third kappa shape index (κ3) is 2.74. The number of halogens is 1. The van der Waals surface area contributed by atoms with Gasteiger partial charge in [0.25, 0.3) is 0 Å². The van der Waals surface area contributed by atoms with Crippen molar-refractivity contribution in [1.82, 2.24) is 5.32 Å². The SMILES string of the molecule is COC(=O)c1ccc(F)c(NC2CCNC2)c1. The van der Waals surface area contributed by atoms with Crippen LogP contribution in [-0.4, -0.2) is 32.2 Å². The number of carbonyl (C=O) groups excluding carboxylic acids is 1. The highest BCUT2D eigenvalue weighted by atomic mass is 19.1. The first kappa shape index (κ1) is 11.9. The second-order valence-electron chi connectivity index (χ2n) is 4.02. The van der Waals surface area contributed by atoms with Gasteiger partial charge in [-0.1, -0.05) is 0 Å². The standard InChI is InChI=1S/C12H15FN2O2/c1-17-12(16)8-2-3-10(13)11(6-8)15-9-4-5-14-7-9/h2-3,6,9,14-15H,4-5,7H2,1H3. The first-order valence-corrected chi connectivity index (χ1v) is 5.56. The number of anilines is 1. The van der Waals surface area contributed by atoms with Crippen molar-refractivity contribution in [2.75, 3.05) is 25.5 Å². The molecule has 2 rings (SSSR count). The van der Waals surface area contributed by atoms with Crippen molar-refractivity contribution in [2.24, 2.45) is 0 Å². The number of esters is 1. The Morgan fingerprint density at radius 3 is 3.06 bits per heavy atom. The Labute approximate surface area is 99.2 Å². The monoisotopic (exact) mass is 238 g/mol. The zero-order valence-electron chi connectivity index (χ0n) is 9.63. The van der Waals surface area contributed by atoms with E-state index in [1.54, 1.807) is 0 Å². The molecule has 1 aliphatic heterocycles. The van der Waals surface area contributed by atoms with Crippen LogP contribution in [0.25, 0.3) is 0 Å². The summed E-state index contributed by atoms with van der Waals surface area (Å²) in [7, 11) is 1.31. The van der Waals surface area contributed by atoms with Gasteiger partial charge in [0.2, 0.25) is 0 Å². The molecule has 92 valence electrons. The fourth-order valence-corrected chi connectivity index (χ4v) is 1.88. The van der Waals surface area contributed by atoms with E-state index in [0.29, 0.717) is 11.3 Å². The molecule has 0 aliphatic carbocycles. The van der Waals surface area contributed by atoms with Crippen LogP contribution in [0.1, 0.15) is 16.8 Å². The number of ether oxygens (including phenoxy) is 1. The third-order valence-corrected chi connectivity index (χ3v) is 2.81. The smallest absolute Gasteiger partial charge is 0.337 e. The lowest BCUT2D eigenvalue weighted by Gasteiger charge is -2.14. The maximum absolute atomic E-state index is 13.6. The maximum Gasteiger partial charge on any atom is 0.337 e. The predicted molar refractivity (Wildman–Crippen MR) is 62.6 cm³/mol. The highest BCUT2D eigenvalue weighted by Crippen LogP contribution is 2.19. The van der Waals surface area contributed by atoms with Crippen molar-refractivity contribution in [3.8, 4) is 0 Å². The second kappa shape index (κ2) is 5.14. The summed E-state index contributed by atoms with van der Waals surface area (Å²) in [4.78, 5) is 11.3. The van der Waals surface area contributed by atoms with Crippen LogP contribution in [0.2, 0.25) is 0 Å². The van der Waals surface area contributed by atoms with Crippen molar-refractivity contribution in [3.05, 3.63) is 29.6 Å². The summed E-state index contributed by atoms with van der Waals surface area (Å²) in [6, 6.07) is 4.38. The number of carbonyl (C=O) groups is 1. The number of nitrogens with one attached hydrogen (secondary N) is 2. The van der Waals surface area contributed by atoms with Gasteiger partial charge in [-0.2, -0.15) is 0 Å². The van der Waals surface area contributed by atoms with Crippen molar-refractivity contribution < 1.29 is 13.9 Å². The highest BCUT2D eigenvalue weighted by Gasteiger charge is 2.17. The summed E-state index contributed by atoms with van der Waals surface area (Å²) in [6.07, 6.45) is 0.946. The van der Waals surface area contributed by atoms with E-state index in [1.165, 1.54) is 25.3 Å². The minimum Gasteiger partial charge on any atom is -0.465 e. The Kier molecular flexibility index (Phi) is 3.58. The lowest BCUT2D eigenvalue weighted by molar-refractivity contribution is 0.0600. The average Bonchev–Trinajstić information content (AvgIpc) is 2.84. The predicted octanol–water partition coefficient (Wildman–Crippen LogP) is 1.39. The van der Waals surface area contributed by atoms with Gasteiger partial charge in [-0.15, -0.1) is 0 Å². The van der Waals surface area contributed by atoms with Crippen LogP contribution in [0.5, 0.6) is 0 Å². The molecule has 0 saturated carbocycles. The molecule has 5 heteroatoms. The van der Waals surface area contributed by atoms with Gasteiger partial charge >= 0.3 is 5.97 Å². The summed E-state index contributed by atoms with van der Waals surface area (Å²) < 4.78 is 18.2. The van der Waals surface area contributed by atoms with Crippen LogP contribution in [0.3, 0.4) is 0 Å². The number of benzene rings is 1. The molecule has 0 spiro atoms. The average molecular weight is 238 g/mol. The number of hydrogen-bond acceptors (Lipinski definition) is 4. The molecule has 1 fully saturated rings. The fourth-order valence-electron chi connectivity index (χ4n) is 1.88. The summed E-state index contributed by atoms with van der Waals surface area (Å²) in [5, 5.41) is 6.27. The molecule has 0 bridgehead atoms. The van der Waals surface area contributed by atoms with Gasteiger partial charge in [0, 0.05) is 12.6 Å². The number of methoxy groups -OCH3 is 1. The molecular weight excluding hydrogens is 223 g/mol. The van der Waals surface area contributed by atoms with Crippen molar-refractivity contribution in [2.45, 2.75) is 12.5 Å². The van der Waals surface area contributed by atoms with Gasteiger partial charge in [0.05, 0.1) is 18.4 Å². The molecule has 1 heterocycles. The molecule has 4 nitrogen and oxygen atoms in total. The van der Waals surface area contributed by atoms with E-state index in [-0.39, 0.29) is 11.9 Å². The lowest BCUT2D eigenvalue weighted by atomic mass is 10.1. The zero-order chi connectivity index (χ0) is 12.3. The summed E-state index contributed by atoms with van der Waals surface area (Å²) in [5.41, 5.74) is 0.698. The van der Waals surface area contributed by atoms with Crippen LogP contribution in [0, 0.1) is 5.82 Å². The van der Waals surface area contributed by atoms with Crippen LogP contribution in [-0.2, 0) is 4.74 Å². The van der Waals surface area contributed by atoms with E-state index in [2.05, 4.69) is 15.4 Å². The van der Waals surface area contributed by atoms with Crippen molar-refractivity contribution >= 4 is 11.7 Å². The molecule has 0 amide bonds. The van der Waals surface area contributed by atoms with Gasteiger partial charge in [0.15, 0.2) is 0 Å². The van der Waals surface area contributed by atoms with Crippen LogP contribution in [0.4, 0.5) is 10.1 Å². The first-order valence-electron chi connectivity index (χ1n) is 5.56. The van der Waals surface area contributed by atoms with E-state index in [1.807, 2.05) is 0 Å². The molecule has 0 aromatic heterocycles. The second-order valence-corrected chi connectivity index (χ2v) is 4.02. The normalized spacial score (nSPS) is 19.1. The van der Waals surface area contributed by atoms with Gasteiger partial charge in [-0.05, 0) is 31.2 Å². The van der Waals surface area contributed by atoms with Gasteiger partial charge in [-0.3, -0.25) is 0 Å². The minimum absolute atomic E-state index is 0.206. The zero-order valence-corrected chi connectivity index (χ0v) is 9.63. The molecule has 1 aromatic carbocycles. The van der Waals surface area contributed by atoms with Gasteiger partial charge < -0.3 is 15.4 Å². The Balaban J connectivity index is 2.16. The third-order valence-electron chi connectivity index (χ3n) is 2.81. The van der Waals surface area contributed by atoms with Crippen LogP contribution < -0.4 is 10.6 Å². The minimum atomic E-state index is -0.461. The van der Waals surface area contributed by atoms with E-state index in [4.69, 9.17) is 0 Å². The first-order chi connectivity index (χ1) is 8.20.